The van der Waals surface area contributed by atoms with Crippen LogP contribution in [0.4, 0.5) is 4.39 Å². The Labute approximate surface area is 150 Å². The minimum Gasteiger partial charge on any atom is -0.469 e. The minimum absolute atomic E-state index is 0.0832. The molecule has 0 bridgehead atoms. The Hall–Kier alpha value is -2.05. The van der Waals surface area contributed by atoms with E-state index >= 15 is 0 Å². The molecule has 0 fully saturated rings. The molecule has 132 valence electrons. The van der Waals surface area contributed by atoms with Crippen molar-refractivity contribution in [2.75, 3.05) is 6.61 Å². The summed E-state index contributed by atoms with van der Waals surface area (Å²) in [6.45, 7) is 0.305. The molecular formula is C18H19ClFN3O2. The molecular weight excluding hydrogens is 345 g/mol. The van der Waals surface area contributed by atoms with Crippen LogP contribution in [-0.2, 0) is 6.61 Å². The van der Waals surface area contributed by atoms with Crippen LogP contribution in [0.25, 0.3) is 5.57 Å². The lowest BCUT2D eigenvalue weighted by molar-refractivity contribution is 0.251. The lowest BCUT2D eigenvalue weighted by atomic mass is 9.87. The third kappa shape index (κ3) is 4.74. The van der Waals surface area contributed by atoms with Gasteiger partial charge in [0.05, 0.1) is 16.9 Å². The first-order chi connectivity index (χ1) is 12.2. The molecule has 5 nitrogen and oxygen atoms in total. The van der Waals surface area contributed by atoms with Crippen LogP contribution in [0.5, 0.6) is 5.88 Å². The van der Waals surface area contributed by atoms with Gasteiger partial charge in [0.2, 0.25) is 5.82 Å². The van der Waals surface area contributed by atoms with Gasteiger partial charge in [-0.15, -0.1) is 0 Å². The molecule has 1 unspecified atom stereocenters. The van der Waals surface area contributed by atoms with Crippen LogP contribution in [0.15, 0.2) is 30.6 Å². The lowest BCUT2D eigenvalue weighted by Gasteiger charge is -2.20. The molecule has 0 saturated carbocycles. The summed E-state index contributed by atoms with van der Waals surface area (Å²) in [6, 6.07) is 3.41. The first-order valence-corrected chi connectivity index (χ1v) is 8.59. The summed E-state index contributed by atoms with van der Waals surface area (Å²) < 4.78 is 19.4. The van der Waals surface area contributed by atoms with Crippen molar-refractivity contribution in [1.82, 2.24) is 15.0 Å². The first-order valence-electron chi connectivity index (χ1n) is 8.21. The standard InChI is InChI=1S/C18H19ClFN3O2/c19-14-5-6-15(21-9-14)11-25-18-16(20)10-22-17(23-18)13-3-1-12(2-4-13)7-8-24/h3,5-6,9-10,12,24H,1-2,4,7-8,11H2. The number of ether oxygens (including phenoxy) is 1. The molecule has 1 aliphatic rings. The number of halogens is 2. The van der Waals surface area contributed by atoms with Crippen molar-refractivity contribution in [3.8, 4) is 5.88 Å². The largest absolute Gasteiger partial charge is 0.469 e. The van der Waals surface area contributed by atoms with Crippen LogP contribution in [-0.4, -0.2) is 26.7 Å². The second-order valence-corrected chi connectivity index (χ2v) is 6.42. The highest BCUT2D eigenvalue weighted by Gasteiger charge is 2.18. The Balaban J connectivity index is 1.69. The van der Waals surface area contributed by atoms with Gasteiger partial charge in [-0.05, 0) is 49.3 Å². The molecule has 1 aliphatic carbocycles. The first kappa shape index (κ1) is 17.8. The number of pyridine rings is 1. The number of aromatic nitrogens is 3. The van der Waals surface area contributed by atoms with Gasteiger partial charge in [0.15, 0.2) is 5.82 Å². The van der Waals surface area contributed by atoms with Crippen LogP contribution < -0.4 is 4.74 Å². The van der Waals surface area contributed by atoms with Crippen molar-refractivity contribution in [1.29, 1.82) is 0 Å². The molecule has 0 amide bonds. The molecule has 25 heavy (non-hydrogen) atoms. The Morgan fingerprint density at radius 1 is 1.28 bits per heavy atom. The Bertz CT molecular complexity index is 752. The monoisotopic (exact) mass is 363 g/mol. The number of hydrogen-bond donors (Lipinski definition) is 1. The lowest BCUT2D eigenvalue weighted by Crippen LogP contribution is -2.09. The second-order valence-electron chi connectivity index (χ2n) is 5.99. The van der Waals surface area contributed by atoms with E-state index in [0.717, 1.165) is 37.5 Å². The van der Waals surface area contributed by atoms with E-state index in [1.54, 1.807) is 12.1 Å². The van der Waals surface area contributed by atoms with Crippen LogP contribution in [0.3, 0.4) is 0 Å². The molecule has 0 saturated heterocycles. The van der Waals surface area contributed by atoms with Gasteiger partial charge in [-0.2, -0.15) is 9.37 Å². The summed E-state index contributed by atoms with van der Waals surface area (Å²) in [6.07, 6.45) is 8.18. The van der Waals surface area contributed by atoms with E-state index in [0.29, 0.717) is 22.5 Å². The molecule has 1 N–H and O–H groups in total. The fourth-order valence-electron chi connectivity index (χ4n) is 2.78. The maximum atomic E-state index is 13.9. The zero-order chi connectivity index (χ0) is 17.6. The topological polar surface area (TPSA) is 68.1 Å². The van der Waals surface area contributed by atoms with Gasteiger partial charge in [-0.25, -0.2) is 4.98 Å². The van der Waals surface area contributed by atoms with Crippen molar-refractivity contribution < 1.29 is 14.2 Å². The van der Waals surface area contributed by atoms with E-state index in [2.05, 4.69) is 21.0 Å². The third-order valence-electron chi connectivity index (χ3n) is 4.20. The van der Waals surface area contributed by atoms with E-state index in [9.17, 15) is 4.39 Å². The van der Waals surface area contributed by atoms with E-state index in [1.165, 1.54) is 6.20 Å². The molecule has 2 aromatic heterocycles. The molecule has 2 aromatic rings. The van der Waals surface area contributed by atoms with Crippen molar-refractivity contribution >= 4 is 17.2 Å². The molecule has 7 heteroatoms. The van der Waals surface area contributed by atoms with Gasteiger partial charge >= 0.3 is 0 Å². The maximum Gasteiger partial charge on any atom is 0.254 e. The summed E-state index contributed by atoms with van der Waals surface area (Å²) in [5, 5.41) is 9.55. The SMILES string of the molecule is OCCC1CC=C(c2ncc(F)c(OCc3ccc(Cl)cn3)n2)CC1. The Kier molecular flexibility index (Phi) is 5.94. The van der Waals surface area contributed by atoms with E-state index < -0.39 is 5.82 Å². The van der Waals surface area contributed by atoms with Gasteiger partial charge < -0.3 is 9.84 Å². The zero-order valence-electron chi connectivity index (χ0n) is 13.7. The highest BCUT2D eigenvalue weighted by atomic mass is 35.5. The maximum absolute atomic E-state index is 13.9. The molecule has 2 heterocycles. The predicted molar refractivity (Wildman–Crippen MR) is 92.6 cm³/mol. The van der Waals surface area contributed by atoms with E-state index in [-0.39, 0.29) is 19.1 Å². The van der Waals surface area contributed by atoms with Gasteiger partial charge in [-0.1, -0.05) is 17.7 Å². The predicted octanol–water partition coefficient (Wildman–Crippen LogP) is 3.81. The number of rotatable bonds is 6. The fraction of sp³-hybridized carbons (Fsp3) is 0.389. The zero-order valence-corrected chi connectivity index (χ0v) is 14.4. The van der Waals surface area contributed by atoms with Gasteiger partial charge in [-0.3, -0.25) is 4.98 Å². The molecule has 0 spiro atoms. The number of aliphatic hydroxyl groups is 1. The Morgan fingerprint density at radius 2 is 2.16 bits per heavy atom. The summed E-state index contributed by atoms with van der Waals surface area (Å²) in [4.78, 5) is 12.4. The second kappa shape index (κ2) is 8.36. The normalized spacial score (nSPS) is 17.2. The van der Waals surface area contributed by atoms with Gasteiger partial charge in [0.25, 0.3) is 5.88 Å². The fourth-order valence-corrected chi connectivity index (χ4v) is 2.89. The molecule has 0 aromatic carbocycles. The highest BCUT2D eigenvalue weighted by molar-refractivity contribution is 6.30. The average molecular weight is 364 g/mol. The third-order valence-corrected chi connectivity index (χ3v) is 4.42. The van der Waals surface area contributed by atoms with Crippen molar-refractivity contribution in [3.05, 3.63) is 53.0 Å². The molecule has 0 radical (unpaired) electrons. The van der Waals surface area contributed by atoms with Crippen LogP contribution >= 0.6 is 11.6 Å². The van der Waals surface area contributed by atoms with Crippen LogP contribution in [0, 0.1) is 11.7 Å². The summed E-state index contributed by atoms with van der Waals surface area (Å²) in [5.41, 5.74) is 1.62. The number of allylic oxidation sites excluding steroid dienone is 2. The number of nitrogens with zero attached hydrogens (tertiary/aromatic N) is 3. The summed E-state index contributed by atoms with van der Waals surface area (Å²) in [5.74, 6) is 0.288. The average Bonchev–Trinajstić information content (AvgIpc) is 2.63. The molecule has 3 rings (SSSR count). The van der Waals surface area contributed by atoms with Crippen molar-refractivity contribution in [2.24, 2.45) is 5.92 Å². The summed E-state index contributed by atoms with van der Waals surface area (Å²) in [7, 11) is 0. The molecule has 0 aliphatic heterocycles. The van der Waals surface area contributed by atoms with E-state index in [4.69, 9.17) is 21.4 Å². The minimum atomic E-state index is -0.604. The van der Waals surface area contributed by atoms with Gasteiger partial charge in [0.1, 0.15) is 6.61 Å². The highest BCUT2D eigenvalue weighted by Crippen LogP contribution is 2.31. The smallest absolute Gasteiger partial charge is 0.254 e. The summed E-state index contributed by atoms with van der Waals surface area (Å²) >= 11 is 5.79. The Morgan fingerprint density at radius 3 is 2.84 bits per heavy atom. The molecule has 1 atom stereocenters. The van der Waals surface area contributed by atoms with Crippen LogP contribution in [0.1, 0.15) is 37.2 Å². The van der Waals surface area contributed by atoms with E-state index in [1.807, 2.05) is 0 Å². The van der Waals surface area contributed by atoms with Crippen molar-refractivity contribution in [3.63, 3.8) is 0 Å². The quantitative estimate of drug-likeness (QED) is 0.845. The van der Waals surface area contributed by atoms with Crippen LogP contribution in [0.2, 0.25) is 5.02 Å². The van der Waals surface area contributed by atoms with Gasteiger partial charge in [0, 0.05) is 12.8 Å². The number of hydrogen-bond acceptors (Lipinski definition) is 5. The van der Waals surface area contributed by atoms with Crippen molar-refractivity contribution in [2.45, 2.75) is 32.3 Å². The number of aliphatic hydroxyl groups excluding tert-OH is 1.